The summed E-state index contributed by atoms with van der Waals surface area (Å²) in [5, 5.41) is 10.7. The SMILES string of the molecule is CON(C)C(=O)C1CCC(CN2Cc3ccc(O)c(F)c3C2=O)CC1. The molecule has 1 aliphatic carbocycles. The van der Waals surface area contributed by atoms with Gasteiger partial charge >= 0.3 is 0 Å². The molecule has 0 aromatic heterocycles. The van der Waals surface area contributed by atoms with E-state index in [-0.39, 0.29) is 23.3 Å². The lowest BCUT2D eigenvalue weighted by Gasteiger charge is -2.31. The smallest absolute Gasteiger partial charge is 0.257 e. The van der Waals surface area contributed by atoms with E-state index in [4.69, 9.17) is 4.84 Å². The first-order valence-electron chi connectivity index (χ1n) is 8.53. The molecule has 2 aliphatic rings. The highest BCUT2D eigenvalue weighted by Gasteiger charge is 2.35. The normalized spacial score (nSPS) is 22.8. The summed E-state index contributed by atoms with van der Waals surface area (Å²) < 4.78 is 14.0. The van der Waals surface area contributed by atoms with Gasteiger partial charge in [-0.1, -0.05) is 6.07 Å². The summed E-state index contributed by atoms with van der Waals surface area (Å²) in [6, 6.07) is 2.88. The Hall–Kier alpha value is -2.15. The van der Waals surface area contributed by atoms with Gasteiger partial charge in [-0.25, -0.2) is 9.45 Å². The van der Waals surface area contributed by atoms with Crippen LogP contribution in [-0.4, -0.2) is 47.6 Å². The van der Waals surface area contributed by atoms with Gasteiger partial charge in [0.1, 0.15) is 0 Å². The molecule has 136 valence electrons. The van der Waals surface area contributed by atoms with E-state index in [2.05, 4.69) is 0 Å². The number of benzene rings is 1. The third-order valence-corrected chi connectivity index (χ3v) is 5.33. The maximum atomic E-state index is 14.0. The number of hydrogen-bond donors (Lipinski definition) is 1. The van der Waals surface area contributed by atoms with Gasteiger partial charge in [0, 0.05) is 26.1 Å². The highest BCUT2D eigenvalue weighted by atomic mass is 19.1. The third kappa shape index (κ3) is 3.33. The summed E-state index contributed by atoms with van der Waals surface area (Å²) in [5.74, 6) is -1.44. The van der Waals surface area contributed by atoms with Crippen molar-refractivity contribution in [1.82, 2.24) is 9.96 Å². The summed E-state index contributed by atoms with van der Waals surface area (Å²) in [7, 11) is 3.08. The molecule has 7 heteroatoms. The number of fused-ring (bicyclic) bond motifs is 1. The lowest BCUT2D eigenvalue weighted by atomic mass is 9.81. The summed E-state index contributed by atoms with van der Waals surface area (Å²) in [6.07, 6.45) is 3.23. The van der Waals surface area contributed by atoms with Crippen molar-refractivity contribution >= 4 is 11.8 Å². The van der Waals surface area contributed by atoms with Crippen molar-refractivity contribution < 1.29 is 23.9 Å². The van der Waals surface area contributed by atoms with Crippen LogP contribution < -0.4 is 0 Å². The average Bonchev–Trinajstić information content (AvgIpc) is 2.94. The quantitative estimate of drug-likeness (QED) is 0.846. The fourth-order valence-corrected chi connectivity index (χ4v) is 3.80. The van der Waals surface area contributed by atoms with Crippen LogP contribution in [0, 0.1) is 17.7 Å². The Morgan fingerprint density at radius 3 is 2.68 bits per heavy atom. The van der Waals surface area contributed by atoms with E-state index in [0.717, 1.165) is 25.7 Å². The average molecular weight is 350 g/mol. The van der Waals surface area contributed by atoms with Crippen LogP contribution in [0.3, 0.4) is 0 Å². The first kappa shape index (κ1) is 17.7. The van der Waals surface area contributed by atoms with Crippen molar-refractivity contribution in [2.45, 2.75) is 32.2 Å². The van der Waals surface area contributed by atoms with Crippen LogP contribution >= 0.6 is 0 Å². The molecule has 1 heterocycles. The lowest BCUT2D eigenvalue weighted by Crippen LogP contribution is -2.37. The third-order valence-electron chi connectivity index (χ3n) is 5.33. The highest BCUT2D eigenvalue weighted by Crippen LogP contribution is 2.34. The van der Waals surface area contributed by atoms with Crippen LogP contribution in [0.4, 0.5) is 4.39 Å². The molecule has 0 saturated heterocycles. The zero-order valence-electron chi connectivity index (χ0n) is 14.5. The molecule has 3 rings (SSSR count). The Labute approximate surface area is 146 Å². The van der Waals surface area contributed by atoms with E-state index in [0.29, 0.717) is 24.6 Å². The number of nitrogens with zero attached hydrogens (tertiary/aromatic N) is 2. The van der Waals surface area contributed by atoms with Gasteiger partial charge < -0.3 is 10.0 Å². The Morgan fingerprint density at radius 1 is 1.36 bits per heavy atom. The second-order valence-electron chi connectivity index (χ2n) is 6.85. The Morgan fingerprint density at radius 2 is 2.04 bits per heavy atom. The van der Waals surface area contributed by atoms with E-state index >= 15 is 0 Å². The van der Waals surface area contributed by atoms with Gasteiger partial charge in [-0.05, 0) is 43.2 Å². The predicted octanol–water partition coefficient (Wildman–Crippen LogP) is 2.31. The van der Waals surface area contributed by atoms with Gasteiger partial charge in [0.2, 0.25) is 5.91 Å². The molecule has 6 nitrogen and oxygen atoms in total. The summed E-state index contributed by atoms with van der Waals surface area (Å²) in [4.78, 5) is 31.1. The number of rotatable bonds is 4. The minimum atomic E-state index is -0.832. The summed E-state index contributed by atoms with van der Waals surface area (Å²) >= 11 is 0. The zero-order valence-corrected chi connectivity index (χ0v) is 14.5. The Kier molecular flexibility index (Phi) is 4.94. The van der Waals surface area contributed by atoms with Crippen LogP contribution in [0.5, 0.6) is 5.75 Å². The molecule has 1 N–H and O–H groups in total. The number of hydrogen-bond acceptors (Lipinski definition) is 4. The van der Waals surface area contributed by atoms with E-state index < -0.39 is 11.6 Å². The molecule has 0 spiro atoms. The number of phenolic OH excluding ortho intramolecular Hbond substituents is 1. The van der Waals surface area contributed by atoms with Crippen LogP contribution in [-0.2, 0) is 16.2 Å². The lowest BCUT2D eigenvalue weighted by molar-refractivity contribution is -0.174. The zero-order chi connectivity index (χ0) is 18.1. The van der Waals surface area contributed by atoms with Crippen molar-refractivity contribution in [1.29, 1.82) is 0 Å². The first-order chi connectivity index (χ1) is 11.9. The molecular weight excluding hydrogens is 327 g/mol. The standard InChI is InChI=1S/C18H23FN2O4/c1-20(25-2)17(23)12-5-3-11(4-6-12)9-21-10-13-7-8-14(22)16(19)15(13)18(21)24/h7-8,11-12,22H,3-6,9-10H2,1-2H3. The van der Waals surface area contributed by atoms with E-state index in [1.807, 2.05) is 0 Å². The molecule has 1 aromatic rings. The minimum Gasteiger partial charge on any atom is -0.505 e. The number of carbonyl (C=O) groups is 2. The number of hydroxylamine groups is 2. The fourth-order valence-electron chi connectivity index (χ4n) is 3.80. The molecule has 1 saturated carbocycles. The van der Waals surface area contributed by atoms with Crippen LogP contribution in [0.15, 0.2) is 12.1 Å². The van der Waals surface area contributed by atoms with Crippen molar-refractivity contribution in [3.05, 3.63) is 29.1 Å². The maximum Gasteiger partial charge on any atom is 0.257 e. The second-order valence-corrected chi connectivity index (χ2v) is 6.85. The Bertz CT molecular complexity index is 686. The highest BCUT2D eigenvalue weighted by molar-refractivity contribution is 5.99. The van der Waals surface area contributed by atoms with Crippen molar-refractivity contribution in [3.8, 4) is 5.75 Å². The first-order valence-corrected chi connectivity index (χ1v) is 8.53. The number of phenols is 1. The molecular formula is C18H23FN2O4. The van der Waals surface area contributed by atoms with Gasteiger partial charge in [-0.3, -0.25) is 14.4 Å². The van der Waals surface area contributed by atoms with Crippen LogP contribution in [0.2, 0.25) is 0 Å². The van der Waals surface area contributed by atoms with E-state index in [1.165, 1.54) is 18.2 Å². The van der Waals surface area contributed by atoms with E-state index in [9.17, 15) is 19.1 Å². The monoisotopic (exact) mass is 350 g/mol. The van der Waals surface area contributed by atoms with Gasteiger partial charge in [-0.15, -0.1) is 0 Å². The van der Waals surface area contributed by atoms with Gasteiger partial charge in [0.05, 0.1) is 12.7 Å². The second kappa shape index (κ2) is 7.00. The minimum absolute atomic E-state index is 0.00872. The molecule has 0 radical (unpaired) electrons. The summed E-state index contributed by atoms with van der Waals surface area (Å²) in [6.45, 7) is 0.922. The van der Waals surface area contributed by atoms with Crippen LogP contribution in [0.25, 0.3) is 0 Å². The van der Waals surface area contributed by atoms with Crippen molar-refractivity contribution in [2.75, 3.05) is 20.7 Å². The molecule has 2 amide bonds. The number of amides is 2. The predicted molar refractivity (Wildman–Crippen MR) is 88.0 cm³/mol. The largest absolute Gasteiger partial charge is 0.505 e. The van der Waals surface area contributed by atoms with E-state index in [1.54, 1.807) is 18.0 Å². The topological polar surface area (TPSA) is 70.1 Å². The molecule has 0 unspecified atom stereocenters. The molecule has 25 heavy (non-hydrogen) atoms. The maximum absolute atomic E-state index is 14.0. The molecule has 1 aromatic carbocycles. The van der Waals surface area contributed by atoms with Gasteiger partial charge in [0.25, 0.3) is 5.91 Å². The fraction of sp³-hybridized carbons (Fsp3) is 0.556. The molecule has 1 aliphatic heterocycles. The van der Waals surface area contributed by atoms with Crippen LogP contribution in [0.1, 0.15) is 41.6 Å². The Balaban J connectivity index is 1.58. The number of halogens is 1. The molecule has 0 atom stereocenters. The number of aromatic hydroxyl groups is 1. The molecule has 1 fully saturated rings. The number of carbonyl (C=O) groups excluding carboxylic acids is 2. The van der Waals surface area contributed by atoms with Gasteiger partial charge in [-0.2, -0.15) is 0 Å². The van der Waals surface area contributed by atoms with Gasteiger partial charge in [0.15, 0.2) is 11.6 Å². The van der Waals surface area contributed by atoms with Crippen molar-refractivity contribution in [3.63, 3.8) is 0 Å². The molecule has 0 bridgehead atoms. The summed E-state index contributed by atoms with van der Waals surface area (Å²) in [5.41, 5.74) is 0.608. The van der Waals surface area contributed by atoms with Crippen molar-refractivity contribution in [2.24, 2.45) is 11.8 Å².